The van der Waals surface area contributed by atoms with Crippen LogP contribution >= 0.6 is 23.4 Å². The maximum atomic E-state index is 11.6. The number of rotatable bonds is 8. The van der Waals surface area contributed by atoms with Crippen LogP contribution in [-0.4, -0.2) is 36.8 Å². The first-order valence-electron chi connectivity index (χ1n) is 7.43. The third-order valence-corrected chi connectivity index (χ3v) is 4.05. The van der Waals surface area contributed by atoms with E-state index in [9.17, 15) is 14.4 Å². The fourth-order valence-electron chi connectivity index (χ4n) is 1.55. The molecule has 0 saturated carbocycles. The number of benzene rings is 1. The van der Waals surface area contributed by atoms with E-state index in [4.69, 9.17) is 16.3 Å². The molecule has 0 spiro atoms. The van der Waals surface area contributed by atoms with Crippen molar-refractivity contribution in [1.29, 1.82) is 0 Å². The van der Waals surface area contributed by atoms with E-state index in [0.717, 1.165) is 5.56 Å². The third-order valence-electron chi connectivity index (χ3n) is 2.72. The molecule has 0 aliphatic rings. The maximum absolute atomic E-state index is 11.6. The van der Waals surface area contributed by atoms with Gasteiger partial charge in [-0.25, -0.2) is 4.79 Å². The molecule has 0 heterocycles. The summed E-state index contributed by atoms with van der Waals surface area (Å²) in [6.07, 6.45) is 0. The standard InChI is InChI=1S/C16H21ClN2O4S/c1-11(2)7-18-16(22)19-14(20)8-23-15(21)10-24-9-12-5-3-4-6-13(12)17/h3-6,11H,7-10H2,1-2H3,(H2,18,19,20,22). The Balaban J connectivity index is 2.18. The highest BCUT2D eigenvalue weighted by molar-refractivity contribution is 7.99. The summed E-state index contributed by atoms with van der Waals surface area (Å²) in [4.78, 5) is 34.4. The van der Waals surface area contributed by atoms with Gasteiger partial charge in [0.25, 0.3) is 5.91 Å². The number of carbonyl (C=O) groups is 3. The summed E-state index contributed by atoms with van der Waals surface area (Å²) >= 11 is 7.35. The average Bonchev–Trinajstić information content (AvgIpc) is 2.53. The predicted octanol–water partition coefficient (Wildman–Crippen LogP) is 2.60. The summed E-state index contributed by atoms with van der Waals surface area (Å²) < 4.78 is 4.81. The van der Waals surface area contributed by atoms with E-state index < -0.39 is 24.5 Å². The van der Waals surface area contributed by atoms with Crippen molar-refractivity contribution in [3.05, 3.63) is 34.9 Å². The highest BCUT2D eigenvalue weighted by atomic mass is 35.5. The van der Waals surface area contributed by atoms with Gasteiger partial charge in [-0.1, -0.05) is 43.6 Å². The number of urea groups is 1. The van der Waals surface area contributed by atoms with Crippen molar-refractivity contribution in [3.63, 3.8) is 0 Å². The number of imide groups is 1. The normalized spacial score (nSPS) is 10.3. The molecule has 0 fully saturated rings. The minimum Gasteiger partial charge on any atom is -0.455 e. The van der Waals surface area contributed by atoms with Crippen LogP contribution in [0.5, 0.6) is 0 Å². The molecule has 0 unspecified atom stereocenters. The molecule has 0 saturated heterocycles. The molecule has 0 aliphatic carbocycles. The van der Waals surface area contributed by atoms with Crippen molar-refractivity contribution in [2.45, 2.75) is 19.6 Å². The molecule has 1 rings (SSSR count). The van der Waals surface area contributed by atoms with Crippen LogP contribution in [0.4, 0.5) is 4.79 Å². The molecule has 2 N–H and O–H groups in total. The topological polar surface area (TPSA) is 84.5 Å². The van der Waals surface area contributed by atoms with Gasteiger partial charge in [0.05, 0.1) is 5.75 Å². The van der Waals surface area contributed by atoms with Crippen LogP contribution in [-0.2, 0) is 20.1 Å². The van der Waals surface area contributed by atoms with E-state index in [1.165, 1.54) is 11.8 Å². The van der Waals surface area contributed by atoms with Gasteiger partial charge in [-0.2, -0.15) is 0 Å². The lowest BCUT2D eigenvalue weighted by Gasteiger charge is -2.09. The molecule has 24 heavy (non-hydrogen) atoms. The van der Waals surface area contributed by atoms with E-state index in [2.05, 4.69) is 10.6 Å². The van der Waals surface area contributed by atoms with Crippen molar-refractivity contribution in [1.82, 2.24) is 10.6 Å². The van der Waals surface area contributed by atoms with Gasteiger partial charge < -0.3 is 10.1 Å². The molecule has 1 aromatic carbocycles. The Morgan fingerprint density at radius 1 is 1.25 bits per heavy atom. The van der Waals surface area contributed by atoms with Crippen LogP contribution in [0.15, 0.2) is 24.3 Å². The van der Waals surface area contributed by atoms with Gasteiger partial charge in [-0.15, -0.1) is 11.8 Å². The molecule has 8 heteroatoms. The van der Waals surface area contributed by atoms with Gasteiger partial charge in [0.1, 0.15) is 0 Å². The average molecular weight is 373 g/mol. The number of hydrogen-bond donors (Lipinski definition) is 2. The Labute approximate surface area is 150 Å². The minimum absolute atomic E-state index is 0.0953. The van der Waals surface area contributed by atoms with Crippen LogP contribution in [0.25, 0.3) is 0 Å². The summed E-state index contributed by atoms with van der Waals surface area (Å²) in [7, 11) is 0. The fraction of sp³-hybridized carbons (Fsp3) is 0.438. The lowest BCUT2D eigenvalue weighted by atomic mass is 10.2. The van der Waals surface area contributed by atoms with Crippen LogP contribution in [0.2, 0.25) is 5.02 Å². The van der Waals surface area contributed by atoms with Crippen molar-refractivity contribution in [2.75, 3.05) is 18.9 Å². The van der Waals surface area contributed by atoms with Crippen molar-refractivity contribution in [3.8, 4) is 0 Å². The monoisotopic (exact) mass is 372 g/mol. The second kappa shape index (κ2) is 10.9. The molecule has 0 bridgehead atoms. The van der Waals surface area contributed by atoms with E-state index >= 15 is 0 Å². The molecule has 132 valence electrons. The van der Waals surface area contributed by atoms with E-state index in [1.54, 1.807) is 6.07 Å². The van der Waals surface area contributed by atoms with Gasteiger partial charge in [-0.3, -0.25) is 14.9 Å². The number of carbonyl (C=O) groups excluding carboxylic acids is 3. The molecule has 6 nitrogen and oxygen atoms in total. The smallest absolute Gasteiger partial charge is 0.321 e. The number of esters is 1. The SMILES string of the molecule is CC(C)CNC(=O)NC(=O)COC(=O)CSCc1ccccc1Cl. The minimum atomic E-state index is -0.666. The molecule has 3 amide bonds. The molecule has 1 aromatic rings. The molecule has 0 atom stereocenters. The van der Waals surface area contributed by atoms with Gasteiger partial charge >= 0.3 is 12.0 Å². The van der Waals surface area contributed by atoms with Crippen LogP contribution in [0, 0.1) is 5.92 Å². The predicted molar refractivity (Wildman–Crippen MR) is 95.0 cm³/mol. The Bertz CT molecular complexity index is 581. The first-order valence-corrected chi connectivity index (χ1v) is 8.96. The summed E-state index contributed by atoms with van der Waals surface area (Å²) in [6.45, 7) is 3.84. The zero-order valence-corrected chi connectivity index (χ0v) is 15.2. The number of ether oxygens (including phenoxy) is 1. The van der Waals surface area contributed by atoms with Gasteiger partial charge in [-0.05, 0) is 17.5 Å². The number of halogens is 1. The largest absolute Gasteiger partial charge is 0.455 e. The zero-order valence-electron chi connectivity index (χ0n) is 13.6. The second-order valence-electron chi connectivity index (χ2n) is 5.40. The molecule has 0 aliphatic heterocycles. The summed E-state index contributed by atoms with van der Waals surface area (Å²) in [5.41, 5.74) is 0.927. The molecular weight excluding hydrogens is 352 g/mol. The lowest BCUT2D eigenvalue weighted by molar-refractivity contribution is -0.145. The van der Waals surface area contributed by atoms with Gasteiger partial charge in [0.2, 0.25) is 0 Å². The van der Waals surface area contributed by atoms with Gasteiger partial charge in [0.15, 0.2) is 6.61 Å². The number of thioether (sulfide) groups is 1. The Kier molecular flexibility index (Phi) is 9.26. The fourth-order valence-corrected chi connectivity index (χ4v) is 2.66. The Morgan fingerprint density at radius 3 is 2.62 bits per heavy atom. The number of hydrogen-bond acceptors (Lipinski definition) is 5. The van der Waals surface area contributed by atoms with Crippen molar-refractivity contribution >= 4 is 41.3 Å². The Morgan fingerprint density at radius 2 is 1.96 bits per heavy atom. The quantitative estimate of drug-likeness (QED) is 0.685. The number of amides is 3. The van der Waals surface area contributed by atoms with Crippen LogP contribution < -0.4 is 10.6 Å². The van der Waals surface area contributed by atoms with Crippen molar-refractivity contribution in [2.24, 2.45) is 5.92 Å². The lowest BCUT2D eigenvalue weighted by Crippen LogP contribution is -2.42. The summed E-state index contributed by atoms with van der Waals surface area (Å²) in [5, 5.41) is 5.26. The first-order chi connectivity index (χ1) is 11.4. The molecule has 0 radical (unpaired) electrons. The highest BCUT2D eigenvalue weighted by Crippen LogP contribution is 2.20. The van der Waals surface area contributed by atoms with Crippen molar-refractivity contribution < 1.29 is 19.1 Å². The first kappa shape index (κ1) is 20.3. The van der Waals surface area contributed by atoms with Crippen LogP contribution in [0.3, 0.4) is 0 Å². The summed E-state index contributed by atoms with van der Waals surface area (Å²) in [6, 6.07) is 6.77. The second-order valence-corrected chi connectivity index (χ2v) is 6.79. The van der Waals surface area contributed by atoms with Gasteiger partial charge in [0, 0.05) is 17.3 Å². The van der Waals surface area contributed by atoms with E-state index in [0.29, 0.717) is 17.3 Å². The molecule has 0 aromatic heterocycles. The Hall–Kier alpha value is -1.73. The zero-order chi connectivity index (χ0) is 17.9. The van der Waals surface area contributed by atoms with Crippen LogP contribution in [0.1, 0.15) is 19.4 Å². The third kappa shape index (κ3) is 8.79. The van der Waals surface area contributed by atoms with E-state index in [1.807, 2.05) is 32.0 Å². The van der Waals surface area contributed by atoms with E-state index in [-0.39, 0.29) is 11.7 Å². The highest BCUT2D eigenvalue weighted by Gasteiger charge is 2.11. The summed E-state index contributed by atoms with van der Waals surface area (Å²) in [5.74, 6) is -0.249. The number of nitrogens with one attached hydrogen (secondary N) is 2. The molecular formula is C16H21ClN2O4S. The maximum Gasteiger partial charge on any atom is 0.321 e.